The summed E-state index contributed by atoms with van der Waals surface area (Å²) in [4.78, 5) is 7.48. The first-order valence-corrected chi connectivity index (χ1v) is 10.5. The number of imidazole rings is 1. The van der Waals surface area contributed by atoms with E-state index in [0.29, 0.717) is 0 Å². The van der Waals surface area contributed by atoms with Crippen LogP contribution >= 0.6 is 11.6 Å². The predicted molar refractivity (Wildman–Crippen MR) is 117 cm³/mol. The van der Waals surface area contributed by atoms with Crippen molar-refractivity contribution in [2.75, 3.05) is 26.2 Å². The highest BCUT2D eigenvalue weighted by atomic mass is 35.5. The van der Waals surface area contributed by atoms with Gasteiger partial charge < -0.3 is 9.72 Å². The fourth-order valence-corrected chi connectivity index (χ4v) is 4.01. The molecule has 148 valence electrons. The zero-order chi connectivity index (χ0) is 19.7. The Morgan fingerprint density at radius 2 is 1.82 bits per heavy atom. The molecule has 0 spiro atoms. The Bertz CT molecular complexity index is 945. The number of pyridine rings is 1. The van der Waals surface area contributed by atoms with E-state index >= 15 is 0 Å². The van der Waals surface area contributed by atoms with Gasteiger partial charge in [0.25, 0.3) is 0 Å². The third-order valence-electron chi connectivity index (χ3n) is 5.51. The van der Waals surface area contributed by atoms with Crippen molar-refractivity contribution in [3.63, 3.8) is 0 Å². The van der Waals surface area contributed by atoms with Crippen molar-refractivity contribution in [3.05, 3.63) is 58.9 Å². The lowest BCUT2D eigenvalue weighted by atomic mass is 9.86. The minimum atomic E-state index is 0.146. The lowest BCUT2D eigenvalue weighted by Gasteiger charge is -2.21. The molecule has 28 heavy (non-hydrogen) atoms. The first kappa shape index (κ1) is 19.4. The summed E-state index contributed by atoms with van der Waals surface area (Å²) < 4.78 is 2.16. The molecule has 0 amide bonds. The van der Waals surface area contributed by atoms with Crippen molar-refractivity contribution in [1.82, 2.24) is 19.6 Å². The quantitative estimate of drug-likeness (QED) is 0.693. The Hall–Kier alpha value is -1.88. The third kappa shape index (κ3) is 4.09. The Morgan fingerprint density at radius 1 is 1.04 bits per heavy atom. The minimum Gasteiger partial charge on any atom is -0.315 e. The van der Waals surface area contributed by atoms with Crippen LogP contribution in [0.15, 0.2) is 42.6 Å². The smallest absolute Gasteiger partial charge is 0.137 e. The standard InChI is InChI=1S/C23H29ClN4/c1-23(2,3)18-7-5-17(6-8-18)22-20(16-27-13-4-11-25-12-14-27)28-15-19(24)9-10-21(28)26-22/h5-10,15,25H,4,11-14,16H2,1-3H3. The average molecular weight is 397 g/mol. The van der Waals surface area contributed by atoms with E-state index in [4.69, 9.17) is 16.6 Å². The number of nitrogens with zero attached hydrogens (tertiary/aromatic N) is 3. The normalized spacial score (nSPS) is 16.4. The molecule has 0 bridgehead atoms. The van der Waals surface area contributed by atoms with Gasteiger partial charge in [0, 0.05) is 31.4 Å². The summed E-state index contributed by atoms with van der Waals surface area (Å²) in [6, 6.07) is 12.8. The van der Waals surface area contributed by atoms with Gasteiger partial charge in [0.1, 0.15) is 5.65 Å². The van der Waals surface area contributed by atoms with Crippen molar-refractivity contribution in [3.8, 4) is 11.3 Å². The van der Waals surface area contributed by atoms with Crippen molar-refractivity contribution in [1.29, 1.82) is 0 Å². The van der Waals surface area contributed by atoms with Gasteiger partial charge in [-0.25, -0.2) is 4.98 Å². The maximum Gasteiger partial charge on any atom is 0.137 e. The molecule has 1 aromatic carbocycles. The highest BCUT2D eigenvalue weighted by Gasteiger charge is 2.19. The van der Waals surface area contributed by atoms with Crippen LogP contribution in [0.25, 0.3) is 16.9 Å². The molecule has 1 fully saturated rings. The molecule has 0 radical (unpaired) electrons. The molecule has 5 heteroatoms. The number of hydrogen-bond donors (Lipinski definition) is 1. The zero-order valence-corrected chi connectivity index (χ0v) is 17.8. The van der Waals surface area contributed by atoms with Crippen LogP contribution in [0.3, 0.4) is 0 Å². The van der Waals surface area contributed by atoms with Gasteiger partial charge in [-0.15, -0.1) is 0 Å². The van der Waals surface area contributed by atoms with Crippen LogP contribution in [0.4, 0.5) is 0 Å². The van der Waals surface area contributed by atoms with Crippen LogP contribution in [0.2, 0.25) is 5.02 Å². The molecule has 1 aliphatic heterocycles. The van der Waals surface area contributed by atoms with E-state index in [-0.39, 0.29) is 5.41 Å². The van der Waals surface area contributed by atoms with Gasteiger partial charge in [-0.3, -0.25) is 4.90 Å². The van der Waals surface area contributed by atoms with E-state index < -0.39 is 0 Å². The summed E-state index contributed by atoms with van der Waals surface area (Å²) in [5.41, 5.74) is 5.86. The van der Waals surface area contributed by atoms with E-state index in [1.54, 1.807) is 0 Å². The highest BCUT2D eigenvalue weighted by molar-refractivity contribution is 6.30. The van der Waals surface area contributed by atoms with Gasteiger partial charge in [-0.2, -0.15) is 0 Å². The molecular formula is C23H29ClN4. The van der Waals surface area contributed by atoms with Crippen molar-refractivity contribution in [2.45, 2.75) is 39.2 Å². The molecule has 0 aliphatic carbocycles. The molecule has 0 atom stereocenters. The first-order chi connectivity index (χ1) is 13.4. The summed E-state index contributed by atoms with van der Waals surface area (Å²) in [7, 11) is 0. The van der Waals surface area contributed by atoms with Crippen molar-refractivity contribution in [2.24, 2.45) is 0 Å². The summed E-state index contributed by atoms with van der Waals surface area (Å²) in [6.45, 7) is 11.9. The molecule has 4 rings (SSSR count). The summed E-state index contributed by atoms with van der Waals surface area (Å²) in [5.74, 6) is 0. The second kappa shape index (κ2) is 7.86. The topological polar surface area (TPSA) is 32.6 Å². The maximum absolute atomic E-state index is 6.31. The van der Waals surface area contributed by atoms with Gasteiger partial charge in [0.05, 0.1) is 16.4 Å². The molecule has 1 saturated heterocycles. The molecule has 3 heterocycles. The summed E-state index contributed by atoms with van der Waals surface area (Å²) >= 11 is 6.31. The summed E-state index contributed by atoms with van der Waals surface area (Å²) in [5, 5.41) is 4.22. The Balaban J connectivity index is 1.76. The number of nitrogens with one attached hydrogen (secondary N) is 1. The molecule has 3 aromatic rings. The monoisotopic (exact) mass is 396 g/mol. The lowest BCUT2D eigenvalue weighted by Crippen LogP contribution is -2.28. The van der Waals surface area contributed by atoms with E-state index in [2.05, 4.69) is 59.7 Å². The molecular weight excluding hydrogens is 368 g/mol. The van der Waals surface area contributed by atoms with Crippen LogP contribution in [-0.2, 0) is 12.0 Å². The third-order valence-corrected chi connectivity index (χ3v) is 5.74. The molecule has 4 nitrogen and oxygen atoms in total. The van der Waals surface area contributed by atoms with E-state index in [0.717, 1.165) is 54.7 Å². The summed E-state index contributed by atoms with van der Waals surface area (Å²) in [6.07, 6.45) is 3.16. The largest absolute Gasteiger partial charge is 0.315 e. The van der Waals surface area contributed by atoms with Crippen LogP contribution in [0.5, 0.6) is 0 Å². The lowest BCUT2D eigenvalue weighted by molar-refractivity contribution is 0.281. The Kier molecular flexibility index (Phi) is 5.46. The minimum absolute atomic E-state index is 0.146. The Morgan fingerprint density at radius 3 is 2.57 bits per heavy atom. The predicted octanol–water partition coefficient (Wildman–Crippen LogP) is 4.75. The second-order valence-corrected chi connectivity index (χ2v) is 9.13. The van der Waals surface area contributed by atoms with Gasteiger partial charge in [-0.05, 0) is 42.6 Å². The SMILES string of the molecule is CC(C)(C)c1ccc(-c2nc3ccc(Cl)cn3c2CN2CCCNCC2)cc1. The fraction of sp³-hybridized carbons (Fsp3) is 0.435. The molecule has 0 unspecified atom stereocenters. The van der Waals surface area contributed by atoms with Crippen LogP contribution < -0.4 is 5.32 Å². The molecule has 0 saturated carbocycles. The van der Waals surface area contributed by atoms with E-state index in [1.165, 1.54) is 17.7 Å². The Labute approximate surface area is 172 Å². The van der Waals surface area contributed by atoms with Crippen molar-refractivity contribution >= 4 is 17.2 Å². The van der Waals surface area contributed by atoms with Crippen LogP contribution in [0.1, 0.15) is 38.4 Å². The highest BCUT2D eigenvalue weighted by Crippen LogP contribution is 2.30. The van der Waals surface area contributed by atoms with Gasteiger partial charge in [0.2, 0.25) is 0 Å². The van der Waals surface area contributed by atoms with Crippen LogP contribution in [0, 0.1) is 0 Å². The number of rotatable bonds is 3. The van der Waals surface area contributed by atoms with Gasteiger partial charge in [0.15, 0.2) is 0 Å². The second-order valence-electron chi connectivity index (χ2n) is 8.69. The number of halogens is 1. The number of hydrogen-bond acceptors (Lipinski definition) is 3. The fourth-order valence-electron chi connectivity index (χ4n) is 3.85. The average Bonchev–Trinajstić information content (AvgIpc) is 2.83. The number of fused-ring (bicyclic) bond motifs is 1. The maximum atomic E-state index is 6.31. The molecule has 1 N–H and O–H groups in total. The number of benzene rings is 1. The van der Waals surface area contributed by atoms with E-state index in [1.807, 2.05) is 18.3 Å². The van der Waals surface area contributed by atoms with E-state index in [9.17, 15) is 0 Å². The van der Waals surface area contributed by atoms with Crippen molar-refractivity contribution < 1.29 is 0 Å². The zero-order valence-electron chi connectivity index (χ0n) is 17.0. The van der Waals surface area contributed by atoms with Gasteiger partial charge >= 0.3 is 0 Å². The molecule has 1 aliphatic rings. The van der Waals surface area contributed by atoms with Gasteiger partial charge in [-0.1, -0.05) is 56.6 Å². The molecule has 2 aromatic heterocycles. The van der Waals surface area contributed by atoms with Crippen LogP contribution in [-0.4, -0.2) is 40.5 Å². The number of aromatic nitrogens is 2. The first-order valence-electron chi connectivity index (χ1n) is 10.1.